The van der Waals surface area contributed by atoms with Gasteiger partial charge in [-0.2, -0.15) is 0 Å². The molecule has 0 radical (unpaired) electrons. The summed E-state index contributed by atoms with van der Waals surface area (Å²) in [4.78, 5) is 9.17. The van der Waals surface area contributed by atoms with Crippen molar-refractivity contribution < 1.29 is 0 Å². The van der Waals surface area contributed by atoms with E-state index < -0.39 is 0 Å². The van der Waals surface area contributed by atoms with Gasteiger partial charge in [0.05, 0.1) is 16.5 Å². The van der Waals surface area contributed by atoms with Gasteiger partial charge in [0.2, 0.25) is 0 Å². The molecule has 104 valence electrons. The van der Waals surface area contributed by atoms with Crippen LogP contribution < -0.4 is 5.73 Å². The number of benzene rings is 1. The predicted octanol–water partition coefficient (Wildman–Crippen LogP) is 3.27. The first kappa shape index (κ1) is 13.3. The molecule has 0 aliphatic rings. The number of hydrogen-bond acceptors (Lipinski definition) is 4. The molecular weight excluding hydrogens is 268 g/mol. The first-order valence-corrected chi connectivity index (χ1v) is 7.71. The lowest BCUT2D eigenvalue weighted by Gasteiger charge is -2.10. The number of aromatic nitrogens is 3. The fraction of sp³-hybridized carbons (Fsp3) is 0.333. The highest BCUT2D eigenvalue weighted by Crippen LogP contribution is 2.26. The average molecular weight is 286 g/mol. The third-order valence-electron chi connectivity index (χ3n) is 3.26. The van der Waals surface area contributed by atoms with Crippen molar-refractivity contribution in [1.82, 2.24) is 14.5 Å². The molecule has 0 bridgehead atoms. The minimum absolute atomic E-state index is 0.541. The van der Waals surface area contributed by atoms with Crippen molar-refractivity contribution in [3.63, 3.8) is 0 Å². The summed E-state index contributed by atoms with van der Waals surface area (Å²) in [7, 11) is 0. The van der Waals surface area contributed by atoms with Crippen LogP contribution in [-0.2, 0) is 13.1 Å². The van der Waals surface area contributed by atoms with Gasteiger partial charge in [-0.05, 0) is 23.6 Å². The Kier molecular flexibility index (Phi) is 3.54. The Bertz CT molecular complexity index is 713. The van der Waals surface area contributed by atoms with Crippen molar-refractivity contribution in [3.05, 3.63) is 34.7 Å². The average Bonchev–Trinajstić information content (AvgIpc) is 3.05. The largest absolute Gasteiger partial charge is 0.326 e. The molecule has 0 saturated carbocycles. The topological polar surface area (TPSA) is 56.7 Å². The van der Waals surface area contributed by atoms with Crippen LogP contribution in [-0.4, -0.2) is 14.5 Å². The fourth-order valence-corrected chi connectivity index (χ4v) is 2.90. The molecule has 4 nitrogen and oxygen atoms in total. The molecule has 1 aromatic carbocycles. The molecule has 2 heterocycles. The molecule has 0 saturated heterocycles. The van der Waals surface area contributed by atoms with Gasteiger partial charge in [-0.3, -0.25) is 0 Å². The lowest BCUT2D eigenvalue weighted by Crippen LogP contribution is -2.06. The zero-order valence-corrected chi connectivity index (χ0v) is 12.5. The summed E-state index contributed by atoms with van der Waals surface area (Å²) >= 11 is 1.60. The Morgan fingerprint density at radius 1 is 1.35 bits per heavy atom. The molecule has 3 rings (SSSR count). The zero-order chi connectivity index (χ0) is 14.1. The summed E-state index contributed by atoms with van der Waals surface area (Å²) < 4.78 is 2.26. The van der Waals surface area contributed by atoms with E-state index in [-0.39, 0.29) is 0 Å². The SMILES string of the molecule is CC(C)Cn1c(-c2cscn2)nc2cc(CN)ccc21. The van der Waals surface area contributed by atoms with Crippen LogP contribution in [0.4, 0.5) is 0 Å². The third-order valence-corrected chi connectivity index (χ3v) is 3.84. The van der Waals surface area contributed by atoms with Gasteiger partial charge in [0.25, 0.3) is 0 Å². The highest BCUT2D eigenvalue weighted by atomic mass is 32.1. The van der Waals surface area contributed by atoms with Crippen LogP contribution in [0.1, 0.15) is 19.4 Å². The summed E-state index contributed by atoms with van der Waals surface area (Å²) in [6.45, 7) is 5.90. The molecule has 0 aliphatic heterocycles. The van der Waals surface area contributed by atoms with Gasteiger partial charge in [-0.25, -0.2) is 9.97 Å². The van der Waals surface area contributed by atoms with Crippen molar-refractivity contribution >= 4 is 22.4 Å². The summed E-state index contributed by atoms with van der Waals surface area (Å²) in [6, 6.07) is 6.26. The Morgan fingerprint density at radius 2 is 2.20 bits per heavy atom. The van der Waals surface area contributed by atoms with Crippen molar-refractivity contribution in [2.24, 2.45) is 11.7 Å². The quantitative estimate of drug-likeness (QED) is 0.800. The number of nitrogens with zero attached hydrogens (tertiary/aromatic N) is 3. The van der Waals surface area contributed by atoms with Gasteiger partial charge in [-0.1, -0.05) is 19.9 Å². The molecule has 0 fully saturated rings. The van der Waals surface area contributed by atoms with Crippen LogP contribution >= 0.6 is 11.3 Å². The number of thiazole rings is 1. The Balaban J connectivity index is 2.21. The second-order valence-electron chi connectivity index (χ2n) is 5.34. The number of imidazole rings is 1. The number of hydrogen-bond donors (Lipinski definition) is 1. The minimum Gasteiger partial charge on any atom is -0.326 e. The first-order chi connectivity index (χ1) is 9.69. The monoisotopic (exact) mass is 286 g/mol. The van der Waals surface area contributed by atoms with Crippen LogP contribution in [0.2, 0.25) is 0 Å². The first-order valence-electron chi connectivity index (χ1n) is 6.77. The van der Waals surface area contributed by atoms with Crippen molar-refractivity contribution in [3.8, 4) is 11.5 Å². The van der Waals surface area contributed by atoms with Gasteiger partial charge < -0.3 is 10.3 Å². The van der Waals surface area contributed by atoms with Crippen LogP contribution in [0.25, 0.3) is 22.6 Å². The second-order valence-corrected chi connectivity index (χ2v) is 6.06. The van der Waals surface area contributed by atoms with Gasteiger partial charge in [0.1, 0.15) is 5.69 Å². The van der Waals surface area contributed by atoms with E-state index in [9.17, 15) is 0 Å². The molecule has 0 aliphatic carbocycles. The molecule has 0 spiro atoms. The van der Waals surface area contributed by atoms with Crippen LogP contribution in [0.5, 0.6) is 0 Å². The molecule has 0 unspecified atom stereocenters. The second kappa shape index (κ2) is 5.34. The lowest BCUT2D eigenvalue weighted by atomic mass is 10.2. The Hall–Kier alpha value is -1.72. The molecule has 5 heteroatoms. The zero-order valence-electron chi connectivity index (χ0n) is 11.7. The minimum atomic E-state index is 0.541. The van der Waals surface area contributed by atoms with E-state index in [4.69, 9.17) is 10.7 Å². The van der Waals surface area contributed by atoms with E-state index in [1.807, 2.05) is 10.9 Å². The number of nitrogens with two attached hydrogens (primary N) is 1. The summed E-state index contributed by atoms with van der Waals surface area (Å²) in [6.07, 6.45) is 0. The van der Waals surface area contributed by atoms with Gasteiger partial charge in [-0.15, -0.1) is 11.3 Å². The van der Waals surface area contributed by atoms with E-state index in [0.29, 0.717) is 12.5 Å². The number of rotatable bonds is 4. The van der Waals surface area contributed by atoms with Gasteiger partial charge in [0, 0.05) is 18.5 Å². The van der Waals surface area contributed by atoms with Gasteiger partial charge in [0.15, 0.2) is 5.82 Å². The van der Waals surface area contributed by atoms with E-state index in [1.165, 1.54) is 0 Å². The maximum atomic E-state index is 5.72. The normalized spacial score (nSPS) is 11.6. The molecule has 3 aromatic rings. The van der Waals surface area contributed by atoms with Crippen LogP contribution in [0.15, 0.2) is 29.1 Å². The van der Waals surface area contributed by atoms with Crippen molar-refractivity contribution in [2.75, 3.05) is 0 Å². The van der Waals surface area contributed by atoms with Gasteiger partial charge >= 0.3 is 0 Å². The molecule has 2 N–H and O–H groups in total. The fourth-order valence-electron chi connectivity index (χ4n) is 2.37. The Labute approximate surface area is 122 Å². The lowest BCUT2D eigenvalue weighted by molar-refractivity contribution is 0.536. The smallest absolute Gasteiger partial charge is 0.160 e. The molecule has 0 amide bonds. The van der Waals surface area contributed by atoms with E-state index >= 15 is 0 Å². The van der Waals surface area contributed by atoms with E-state index in [0.717, 1.165) is 34.7 Å². The molecule has 0 atom stereocenters. The maximum absolute atomic E-state index is 5.72. The Morgan fingerprint density at radius 3 is 2.85 bits per heavy atom. The van der Waals surface area contributed by atoms with E-state index in [1.54, 1.807) is 11.3 Å². The third kappa shape index (κ3) is 2.34. The molecular formula is C15H18N4S. The predicted molar refractivity (Wildman–Crippen MR) is 83.6 cm³/mol. The van der Waals surface area contributed by atoms with Crippen molar-refractivity contribution in [1.29, 1.82) is 0 Å². The molecule has 20 heavy (non-hydrogen) atoms. The standard InChI is InChI=1S/C15H18N4S/c1-10(2)7-19-14-4-3-11(6-16)5-12(14)18-15(19)13-8-20-9-17-13/h3-5,8-10H,6-7,16H2,1-2H3. The highest BCUT2D eigenvalue weighted by Gasteiger charge is 2.15. The van der Waals surface area contributed by atoms with Crippen LogP contribution in [0.3, 0.4) is 0 Å². The number of fused-ring (bicyclic) bond motifs is 1. The van der Waals surface area contributed by atoms with Crippen molar-refractivity contribution in [2.45, 2.75) is 26.9 Å². The highest BCUT2D eigenvalue weighted by molar-refractivity contribution is 7.07. The molecule has 2 aromatic heterocycles. The van der Waals surface area contributed by atoms with E-state index in [2.05, 4.69) is 41.6 Å². The maximum Gasteiger partial charge on any atom is 0.160 e. The summed E-state index contributed by atoms with van der Waals surface area (Å²) in [5.41, 5.74) is 11.8. The summed E-state index contributed by atoms with van der Waals surface area (Å²) in [5, 5.41) is 2.04. The van der Waals surface area contributed by atoms with Crippen LogP contribution in [0, 0.1) is 5.92 Å². The summed E-state index contributed by atoms with van der Waals surface area (Å²) in [5.74, 6) is 1.50.